The van der Waals surface area contributed by atoms with E-state index in [2.05, 4.69) is 12.2 Å². The van der Waals surface area contributed by atoms with E-state index in [-0.39, 0.29) is 5.91 Å². The second-order valence-electron chi connectivity index (χ2n) is 8.24. The van der Waals surface area contributed by atoms with E-state index in [9.17, 15) is 4.79 Å². The summed E-state index contributed by atoms with van der Waals surface area (Å²) in [5.74, 6) is 0.118. The summed E-state index contributed by atoms with van der Waals surface area (Å²) in [7, 11) is 1.65. The molecule has 210 valence electrons. The summed E-state index contributed by atoms with van der Waals surface area (Å²) in [5.41, 5.74) is 0. The molecule has 1 N–H and O–H groups in total. The molecule has 35 heavy (non-hydrogen) atoms. The fourth-order valence-corrected chi connectivity index (χ4v) is 3.11. The smallest absolute Gasteiger partial charge is 0.220 e. The van der Waals surface area contributed by atoms with Crippen molar-refractivity contribution < 1.29 is 38.0 Å². The van der Waals surface area contributed by atoms with Crippen LogP contribution in [0, 0.1) is 0 Å². The van der Waals surface area contributed by atoms with Gasteiger partial charge in [-0.25, -0.2) is 0 Å². The van der Waals surface area contributed by atoms with Crippen molar-refractivity contribution in [1.29, 1.82) is 0 Å². The predicted octanol–water partition coefficient (Wildman–Crippen LogP) is 3.38. The molecule has 0 atom stereocenters. The maximum Gasteiger partial charge on any atom is 0.220 e. The molecule has 9 heteroatoms. The summed E-state index contributed by atoms with van der Waals surface area (Å²) in [6, 6.07) is 0. The Bertz CT molecular complexity index is 415. The largest absolute Gasteiger partial charge is 0.382 e. The third-order valence-corrected chi connectivity index (χ3v) is 5.12. The summed E-state index contributed by atoms with van der Waals surface area (Å²) in [5, 5.41) is 2.91. The minimum atomic E-state index is 0.118. The van der Waals surface area contributed by atoms with E-state index >= 15 is 0 Å². The summed E-state index contributed by atoms with van der Waals surface area (Å²) < 4.78 is 37.4. The SMILES string of the molecule is CCCCCCCCCCC(=O)NCCOCCOCCOCCOCCOCCOCCOC. The fourth-order valence-electron chi connectivity index (χ4n) is 3.11. The van der Waals surface area contributed by atoms with Crippen LogP contribution in [0.3, 0.4) is 0 Å². The summed E-state index contributed by atoms with van der Waals surface area (Å²) in [6.07, 6.45) is 10.6. The van der Waals surface area contributed by atoms with Gasteiger partial charge in [0, 0.05) is 20.1 Å². The molecule has 0 rings (SSSR count). The van der Waals surface area contributed by atoms with Gasteiger partial charge in [-0.3, -0.25) is 4.79 Å². The first-order chi connectivity index (χ1) is 17.3. The number of amides is 1. The molecule has 0 aliphatic carbocycles. The van der Waals surface area contributed by atoms with E-state index in [1.807, 2.05) is 0 Å². The Morgan fingerprint density at radius 2 is 0.886 bits per heavy atom. The fraction of sp³-hybridized carbons (Fsp3) is 0.962. The van der Waals surface area contributed by atoms with E-state index in [1.165, 1.54) is 38.5 Å². The number of hydrogen-bond donors (Lipinski definition) is 1. The molecular weight excluding hydrogens is 454 g/mol. The van der Waals surface area contributed by atoms with Crippen molar-refractivity contribution in [3.63, 3.8) is 0 Å². The average molecular weight is 508 g/mol. The zero-order valence-corrected chi connectivity index (χ0v) is 22.5. The molecule has 0 saturated carbocycles. The number of hydrogen-bond acceptors (Lipinski definition) is 8. The zero-order valence-electron chi connectivity index (χ0n) is 22.5. The molecule has 0 unspecified atom stereocenters. The normalized spacial score (nSPS) is 11.3. The number of rotatable bonds is 30. The zero-order chi connectivity index (χ0) is 25.5. The second-order valence-corrected chi connectivity index (χ2v) is 8.24. The maximum absolute atomic E-state index is 11.8. The number of nitrogens with one attached hydrogen (secondary N) is 1. The third kappa shape index (κ3) is 31.2. The number of carbonyl (C=O) groups excluding carboxylic acids is 1. The van der Waals surface area contributed by atoms with Gasteiger partial charge in [0.1, 0.15) is 0 Å². The first kappa shape index (κ1) is 34.2. The number of carbonyl (C=O) groups is 1. The van der Waals surface area contributed by atoms with Gasteiger partial charge in [-0.2, -0.15) is 0 Å². The molecule has 0 saturated heterocycles. The van der Waals surface area contributed by atoms with E-state index in [1.54, 1.807) is 7.11 Å². The molecule has 0 radical (unpaired) electrons. The lowest BCUT2D eigenvalue weighted by Crippen LogP contribution is -2.27. The molecule has 0 aromatic heterocycles. The van der Waals surface area contributed by atoms with Gasteiger partial charge in [0.2, 0.25) is 5.91 Å². The Hall–Kier alpha value is -0.810. The van der Waals surface area contributed by atoms with Crippen molar-refractivity contribution >= 4 is 5.91 Å². The van der Waals surface area contributed by atoms with Crippen LogP contribution in [-0.4, -0.2) is 105 Å². The van der Waals surface area contributed by atoms with E-state index in [4.69, 9.17) is 33.2 Å². The van der Waals surface area contributed by atoms with Crippen LogP contribution >= 0.6 is 0 Å². The molecular formula is C26H53NO8. The van der Waals surface area contributed by atoms with E-state index < -0.39 is 0 Å². The maximum atomic E-state index is 11.8. The lowest BCUT2D eigenvalue weighted by atomic mass is 10.1. The highest BCUT2D eigenvalue weighted by Crippen LogP contribution is 2.09. The Balaban J connectivity index is 3.11. The van der Waals surface area contributed by atoms with Gasteiger partial charge in [0.25, 0.3) is 0 Å². The number of methoxy groups -OCH3 is 1. The lowest BCUT2D eigenvalue weighted by molar-refractivity contribution is -0.121. The minimum absolute atomic E-state index is 0.118. The van der Waals surface area contributed by atoms with Crippen LogP contribution in [0.2, 0.25) is 0 Å². The summed E-state index contributed by atoms with van der Waals surface area (Å²) in [6.45, 7) is 9.79. The van der Waals surface area contributed by atoms with Gasteiger partial charge < -0.3 is 38.5 Å². The van der Waals surface area contributed by atoms with Crippen LogP contribution in [-0.2, 0) is 38.0 Å². The van der Waals surface area contributed by atoms with Gasteiger partial charge in [-0.15, -0.1) is 0 Å². The standard InChI is InChI=1S/C26H53NO8/c1-3-4-5-6-7-8-9-10-11-26(28)27-12-13-30-16-17-32-20-21-34-24-25-35-23-22-33-19-18-31-15-14-29-2/h3-25H2,1-2H3,(H,27,28). The first-order valence-corrected chi connectivity index (χ1v) is 13.5. The van der Waals surface area contributed by atoms with Gasteiger partial charge >= 0.3 is 0 Å². The van der Waals surface area contributed by atoms with Gasteiger partial charge in [-0.05, 0) is 6.42 Å². The second kappa shape index (κ2) is 31.2. The Morgan fingerprint density at radius 3 is 1.31 bits per heavy atom. The van der Waals surface area contributed by atoms with Crippen LogP contribution in [0.4, 0.5) is 0 Å². The molecule has 9 nitrogen and oxygen atoms in total. The van der Waals surface area contributed by atoms with E-state index in [0.29, 0.717) is 98.9 Å². The molecule has 0 aliphatic rings. The molecule has 0 aromatic carbocycles. The predicted molar refractivity (Wildman–Crippen MR) is 137 cm³/mol. The topological polar surface area (TPSA) is 93.7 Å². The Morgan fingerprint density at radius 1 is 0.514 bits per heavy atom. The van der Waals surface area contributed by atoms with Crippen molar-refractivity contribution in [2.45, 2.75) is 64.7 Å². The highest BCUT2D eigenvalue weighted by molar-refractivity contribution is 5.75. The van der Waals surface area contributed by atoms with Crippen molar-refractivity contribution in [3.05, 3.63) is 0 Å². The summed E-state index contributed by atoms with van der Waals surface area (Å²) >= 11 is 0. The third-order valence-electron chi connectivity index (χ3n) is 5.12. The summed E-state index contributed by atoms with van der Waals surface area (Å²) in [4.78, 5) is 11.8. The van der Waals surface area contributed by atoms with Gasteiger partial charge in [-0.1, -0.05) is 51.9 Å². The average Bonchev–Trinajstić information content (AvgIpc) is 2.86. The monoisotopic (exact) mass is 507 g/mol. The lowest BCUT2D eigenvalue weighted by Gasteiger charge is -2.08. The van der Waals surface area contributed by atoms with Crippen LogP contribution in [0.1, 0.15) is 64.7 Å². The van der Waals surface area contributed by atoms with E-state index in [0.717, 1.165) is 12.8 Å². The van der Waals surface area contributed by atoms with Gasteiger partial charge in [0.05, 0.1) is 85.9 Å². The number of ether oxygens (including phenoxy) is 7. The first-order valence-electron chi connectivity index (χ1n) is 13.5. The molecule has 0 bridgehead atoms. The van der Waals surface area contributed by atoms with Crippen LogP contribution in [0.25, 0.3) is 0 Å². The molecule has 0 fully saturated rings. The van der Waals surface area contributed by atoms with Gasteiger partial charge in [0.15, 0.2) is 0 Å². The van der Waals surface area contributed by atoms with Crippen molar-refractivity contribution in [1.82, 2.24) is 5.32 Å². The van der Waals surface area contributed by atoms with Crippen LogP contribution in [0.15, 0.2) is 0 Å². The molecule has 0 aromatic rings. The quantitative estimate of drug-likeness (QED) is 0.148. The number of unbranched alkanes of at least 4 members (excludes halogenated alkanes) is 7. The van der Waals surface area contributed by atoms with Crippen molar-refractivity contribution in [2.75, 3.05) is 99.5 Å². The molecule has 1 amide bonds. The molecule has 0 heterocycles. The molecule has 0 spiro atoms. The van der Waals surface area contributed by atoms with Crippen molar-refractivity contribution in [3.8, 4) is 0 Å². The van der Waals surface area contributed by atoms with Crippen LogP contribution in [0.5, 0.6) is 0 Å². The Labute approximate surface area is 213 Å². The van der Waals surface area contributed by atoms with Crippen LogP contribution < -0.4 is 5.32 Å². The highest BCUT2D eigenvalue weighted by Gasteiger charge is 2.01. The molecule has 0 aliphatic heterocycles. The minimum Gasteiger partial charge on any atom is -0.382 e. The highest BCUT2D eigenvalue weighted by atomic mass is 16.6. The van der Waals surface area contributed by atoms with Crippen molar-refractivity contribution in [2.24, 2.45) is 0 Å². The Kier molecular flexibility index (Phi) is 30.5.